The summed E-state index contributed by atoms with van der Waals surface area (Å²) in [6, 6.07) is 5.51. The van der Waals surface area contributed by atoms with Crippen LogP contribution in [0.2, 0.25) is 10.0 Å². The van der Waals surface area contributed by atoms with Gasteiger partial charge in [0.05, 0.1) is 6.10 Å². The molecule has 1 aromatic carbocycles. The molecular weight excluding hydrogens is 233 g/mol. The van der Waals surface area contributed by atoms with Crippen LogP contribution in [0.5, 0.6) is 0 Å². The first kappa shape index (κ1) is 11.2. The van der Waals surface area contributed by atoms with Gasteiger partial charge in [0.25, 0.3) is 0 Å². The Morgan fingerprint density at radius 1 is 1.27 bits per heavy atom. The molecule has 1 aliphatic rings. The number of halogens is 2. The molecule has 0 aliphatic carbocycles. The van der Waals surface area contributed by atoms with Crippen molar-refractivity contribution >= 4 is 23.2 Å². The third kappa shape index (κ3) is 2.45. The zero-order valence-corrected chi connectivity index (χ0v) is 9.76. The van der Waals surface area contributed by atoms with Crippen molar-refractivity contribution in [1.29, 1.82) is 0 Å². The van der Waals surface area contributed by atoms with Crippen molar-refractivity contribution in [2.45, 2.75) is 12.5 Å². The van der Waals surface area contributed by atoms with E-state index in [4.69, 9.17) is 33.7 Å². The fraction of sp³-hybridized carbons (Fsp3) is 0.455. The highest BCUT2D eigenvalue weighted by Crippen LogP contribution is 2.36. The molecule has 2 unspecified atom stereocenters. The van der Waals surface area contributed by atoms with Crippen LogP contribution >= 0.6 is 23.2 Å². The molecule has 0 amide bonds. The van der Waals surface area contributed by atoms with Crippen molar-refractivity contribution in [3.05, 3.63) is 33.8 Å². The lowest BCUT2D eigenvalue weighted by Gasteiger charge is -2.17. The third-order valence-corrected chi connectivity index (χ3v) is 3.17. The van der Waals surface area contributed by atoms with Crippen LogP contribution in [0.3, 0.4) is 0 Å². The lowest BCUT2D eigenvalue weighted by atomic mass is 9.95. The number of nitrogens with two attached hydrogens (primary N) is 1. The van der Waals surface area contributed by atoms with E-state index in [0.717, 1.165) is 18.6 Å². The summed E-state index contributed by atoms with van der Waals surface area (Å²) in [5.74, 6) is 0.375. The molecule has 2 atom stereocenters. The van der Waals surface area contributed by atoms with Crippen LogP contribution in [-0.4, -0.2) is 13.2 Å². The maximum Gasteiger partial charge on any atom is 0.0866 e. The van der Waals surface area contributed by atoms with Gasteiger partial charge >= 0.3 is 0 Å². The second-order valence-corrected chi connectivity index (χ2v) is 4.65. The third-order valence-electron chi connectivity index (χ3n) is 2.73. The Labute approximate surface area is 99.3 Å². The number of benzene rings is 1. The predicted octanol–water partition coefficient (Wildman–Crippen LogP) is 3.03. The van der Waals surface area contributed by atoms with E-state index in [1.165, 1.54) is 0 Å². The Morgan fingerprint density at radius 2 is 1.93 bits per heavy atom. The number of hydrogen-bond donors (Lipinski definition) is 1. The zero-order valence-electron chi connectivity index (χ0n) is 8.25. The first-order valence-corrected chi connectivity index (χ1v) is 5.74. The second-order valence-electron chi connectivity index (χ2n) is 3.78. The highest BCUT2D eigenvalue weighted by atomic mass is 35.5. The molecule has 1 fully saturated rings. The van der Waals surface area contributed by atoms with Crippen LogP contribution in [0.4, 0.5) is 0 Å². The molecule has 2 N–H and O–H groups in total. The van der Waals surface area contributed by atoms with Crippen LogP contribution in [0, 0.1) is 5.92 Å². The molecule has 0 spiro atoms. The van der Waals surface area contributed by atoms with Crippen LogP contribution in [-0.2, 0) is 4.74 Å². The SMILES string of the molecule is NCC1CCOC1c1cc(Cl)cc(Cl)c1. The molecule has 0 bridgehead atoms. The topological polar surface area (TPSA) is 35.2 Å². The predicted molar refractivity (Wildman–Crippen MR) is 62.3 cm³/mol. The standard InChI is InChI=1S/C11H13Cl2NO/c12-9-3-8(4-10(13)5-9)11-7(6-14)1-2-15-11/h3-5,7,11H,1-2,6,14H2. The van der Waals surface area contributed by atoms with E-state index in [-0.39, 0.29) is 6.10 Å². The highest BCUT2D eigenvalue weighted by molar-refractivity contribution is 6.34. The number of ether oxygens (including phenoxy) is 1. The van der Waals surface area contributed by atoms with Crippen molar-refractivity contribution in [1.82, 2.24) is 0 Å². The highest BCUT2D eigenvalue weighted by Gasteiger charge is 2.28. The Bertz CT molecular complexity index is 336. The van der Waals surface area contributed by atoms with Gasteiger partial charge < -0.3 is 10.5 Å². The maximum atomic E-state index is 5.95. The summed E-state index contributed by atoms with van der Waals surface area (Å²) in [7, 11) is 0. The Balaban J connectivity index is 2.28. The minimum Gasteiger partial charge on any atom is -0.373 e. The van der Waals surface area contributed by atoms with Gasteiger partial charge in [-0.15, -0.1) is 0 Å². The lowest BCUT2D eigenvalue weighted by molar-refractivity contribution is 0.0925. The molecule has 1 aromatic rings. The molecule has 1 saturated heterocycles. The summed E-state index contributed by atoms with van der Waals surface area (Å²) in [6.07, 6.45) is 1.05. The van der Waals surface area contributed by atoms with Crippen LogP contribution in [0.25, 0.3) is 0 Å². The van der Waals surface area contributed by atoms with Gasteiger partial charge in [0.1, 0.15) is 0 Å². The minimum atomic E-state index is 0.0474. The van der Waals surface area contributed by atoms with Gasteiger partial charge in [-0.2, -0.15) is 0 Å². The molecule has 1 aliphatic heterocycles. The first-order valence-electron chi connectivity index (χ1n) is 4.98. The average Bonchev–Trinajstić information content (AvgIpc) is 2.63. The molecule has 0 aromatic heterocycles. The van der Waals surface area contributed by atoms with Gasteiger partial charge in [-0.3, -0.25) is 0 Å². The van der Waals surface area contributed by atoms with Gasteiger partial charge in [0, 0.05) is 22.6 Å². The molecule has 2 rings (SSSR count). The zero-order chi connectivity index (χ0) is 10.8. The van der Waals surface area contributed by atoms with Crippen molar-refractivity contribution in [2.24, 2.45) is 11.7 Å². The molecular formula is C11H13Cl2NO. The summed E-state index contributed by atoms with van der Waals surface area (Å²) >= 11 is 11.9. The van der Waals surface area contributed by atoms with Crippen LogP contribution < -0.4 is 5.73 Å². The molecule has 0 saturated carbocycles. The van der Waals surface area contributed by atoms with E-state index in [9.17, 15) is 0 Å². The van der Waals surface area contributed by atoms with Crippen molar-refractivity contribution in [3.63, 3.8) is 0 Å². The minimum absolute atomic E-state index is 0.0474. The van der Waals surface area contributed by atoms with E-state index in [1.54, 1.807) is 6.07 Å². The van der Waals surface area contributed by atoms with Crippen molar-refractivity contribution < 1.29 is 4.74 Å². The normalized spacial score (nSPS) is 25.8. The summed E-state index contributed by atoms with van der Waals surface area (Å²) in [5, 5.41) is 1.28. The maximum absolute atomic E-state index is 5.95. The smallest absolute Gasteiger partial charge is 0.0866 e. The number of hydrogen-bond acceptors (Lipinski definition) is 2. The molecule has 15 heavy (non-hydrogen) atoms. The van der Waals surface area contributed by atoms with Gasteiger partial charge in [0.15, 0.2) is 0 Å². The quantitative estimate of drug-likeness (QED) is 0.870. The molecule has 2 nitrogen and oxygen atoms in total. The lowest BCUT2D eigenvalue weighted by Crippen LogP contribution is -2.17. The van der Waals surface area contributed by atoms with Crippen molar-refractivity contribution in [2.75, 3.05) is 13.2 Å². The monoisotopic (exact) mass is 245 g/mol. The Morgan fingerprint density at radius 3 is 2.53 bits per heavy atom. The van der Waals surface area contributed by atoms with E-state index in [0.29, 0.717) is 22.5 Å². The average molecular weight is 246 g/mol. The fourth-order valence-electron chi connectivity index (χ4n) is 1.98. The van der Waals surface area contributed by atoms with Crippen LogP contribution in [0.15, 0.2) is 18.2 Å². The van der Waals surface area contributed by atoms with E-state index >= 15 is 0 Å². The van der Waals surface area contributed by atoms with Gasteiger partial charge in [-0.05, 0) is 36.7 Å². The van der Waals surface area contributed by atoms with E-state index < -0.39 is 0 Å². The Kier molecular flexibility index (Phi) is 3.52. The summed E-state index contributed by atoms with van der Waals surface area (Å²) < 4.78 is 5.66. The van der Waals surface area contributed by atoms with Crippen LogP contribution in [0.1, 0.15) is 18.1 Å². The summed E-state index contributed by atoms with van der Waals surface area (Å²) in [6.45, 7) is 1.39. The summed E-state index contributed by atoms with van der Waals surface area (Å²) in [4.78, 5) is 0. The van der Waals surface area contributed by atoms with Gasteiger partial charge in [0.2, 0.25) is 0 Å². The molecule has 4 heteroatoms. The van der Waals surface area contributed by atoms with Gasteiger partial charge in [-0.1, -0.05) is 23.2 Å². The Hall–Kier alpha value is -0.280. The molecule has 0 radical (unpaired) electrons. The van der Waals surface area contributed by atoms with Gasteiger partial charge in [-0.25, -0.2) is 0 Å². The molecule has 1 heterocycles. The van der Waals surface area contributed by atoms with E-state index in [1.807, 2.05) is 12.1 Å². The largest absolute Gasteiger partial charge is 0.373 e. The van der Waals surface area contributed by atoms with E-state index in [2.05, 4.69) is 0 Å². The fourth-order valence-corrected chi connectivity index (χ4v) is 2.53. The second kappa shape index (κ2) is 4.71. The number of rotatable bonds is 2. The summed E-state index contributed by atoms with van der Waals surface area (Å²) in [5.41, 5.74) is 6.72. The molecule has 82 valence electrons. The van der Waals surface area contributed by atoms with Crippen molar-refractivity contribution in [3.8, 4) is 0 Å². The first-order chi connectivity index (χ1) is 7.20.